The zero-order valence-electron chi connectivity index (χ0n) is 14.9. The van der Waals surface area contributed by atoms with Crippen molar-refractivity contribution in [2.75, 3.05) is 6.61 Å². The van der Waals surface area contributed by atoms with Gasteiger partial charge in [0.2, 0.25) is 0 Å². The number of benzene rings is 1. The Balaban J connectivity index is 2.18. The molecule has 0 saturated heterocycles. The predicted molar refractivity (Wildman–Crippen MR) is 93.8 cm³/mol. The maximum absolute atomic E-state index is 12.3. The molecular formula is C17H17N4O6-. The fourth-order valence-corrected chi connectivity index (χ4v) is 2.45. The van der Waals surface area contributed by atoms with E-state index in [4.69, 9.17) is 4.74 Å². The van der Waals surface area contributed by atoms with Crippen LogP contribution in [0.3, 0.4) is 0 Å². The fourth-order valence-electron chi connectivity index (χ4n) is 2.45. The van der Waals surface area contributed by atoms with E-state index in [0.29, 0.717) is 11.3 Å². The summed E-state index contributed by atoms with van der Waals surface area (Å²) < 4.78 is 4.96. The maximum Gasteiger partial charge on any atom is 0.340 e. The first-order valence-electron chi connectivity index (χ1n) is 7.91. The number of aromatic amines is 1. The number of amides is 1. The number of rotatable bonds is 6. The second kappa shape index (κ2) is 8.13. The van der Waals surface area contributed by atoms with Crippen LogP contribution in [0.4, 0.5) is 5.69 Å². The zero-order chi connectivity index (χ0) is 20.1. The quantitative estimate of drug-likeness (QED) is 0.339. The lowest BCUT2D eigenvalue weighted by atomic mass is 10.1. The highest BCUT2D eigenvalue weighted by Crippen LogP contribution is 2.20. The Hall–Kier alpha value is -3.69. The Morgan fingerprint density at radius 1 is 1.37 bits per heavy atom. The lowest BCUT2D eigenvalue weighted by Crippen LogP contribution is -2.19. The van der Waals surface area contributed by atoms with E-state index in [1.807, 2.05) is 0 Å². The van der Waals surface area contributed by atoms with Crippen molar-refractivity contribution in [1.29, 1.82) is 0 Å². The number of non-ortho nitro benzene ring substituents is 1. The predicted octanol–water partition coefficient (Wildman–Crippen LogP) is 1.55. The third-order valence-corrected chi connectivity index (χ3v) is 3.72. The van der Waals surface area contributed by atoms with Gasteiger partial charge < -0.3 is 14.8 Å². The molecule has 2 rings (SSSR count). The lowest BCUT2D eigenvalue weighted by Gasteiger charge is -2.08. The molecule has 1 aromatic carbocycles. The van der Waals surface area contributed by atoms with Crippen molar-refractivity contribution in [3.63, 3.8) is 0 Å². The minimum Gasteiger partial charge on any atom is -0.872 e. The van der Waals surface area contributed by atoms with Gasteiger partial charge in [-0.2, -0.15) is 5.10 Å². The maximum atomic E-state index is 12.3. The zero-order valence-corrected chi connectivity index (χ0v) is 14.9. The fraction of sp³-hybridized carbons (Fsp3) is 0.235. The summed E-state index contributed by atoms with van der Waals surface area (Å²) in [4.78, 5) is 37.1. The number of nitro groups is 1. The van der Waals surface area contributed by atoms with Crippen molar-refractivity contribution < 1.29 is 24.4 Å². The number of hydrogen-bond donors (Lipinski definition) is 2. The Morgan fingerprint density at radius 2 is 2.07 bits per heavy atom. The summed E-state index contributed by atoms with van der Waals surface area (Å²) in [5.41, 5.74) is 3.17. The monoisotopic (exact) mass is 373 g/mol. The number of aryl methyl sites for hydroxylation is 1. The summed E-state index contributed by atoms with van der Waals surface area (Å²) in [6.07, 6.45) is 1.02. The molecule has 0 unspecified atom stereocenters. The number of nitro benzene ring substituents is 1. The highest BCUT2D eigenvalue weighted by Gasteiger charge is 2.22. The number of ether oxygens (including phenoxy) is 1. The number of nitrogens with zero attached hydrogens (tertiary/aromatic N) is 2. The lowest BCUT2D eigenvalue weighted by molar-refractivity contribution is -0.385. The first-order chi connectivity index (χ1) is 12.8. The van der Waals surface area contributed by atoms with Crippen LogP contribution in [0.5, 0.6) is 5.75 Å². The van der Waals surface area contributed by atoms with Gasteiger partial charge >= 0.3 is 5.97 Å². The largest absolute Gasteiger partial charge is 0.872 e. The molecule has 0 radical (unpaired) electrons. The van der Waals surface area contributed by atoms with Gasteiger partial charge in [0.25, 0.3) is 11.6 Å². The molecule has 142 valence electrons. The number of carbonyl (C=O) groups is 2. The van der Waals surface area contributed by atoms with E-state index in [0.717, 1.165) is 24.4 Å². The smallest absolute Gasteiger partial charge is 0.340 e. The third-order valence-electron chi connectivity index (χ3n) is 3.72. The summed E-state index contributed by atoms with van der Waals surface area (Å²) in [6.45, 7) is 5.10. The van der Waals surface area contributed by atoms with Crippen molar-refractivity contribution in [2.45, 2.75) is 20.8 Å². The first kappa shape index (κ1) is 19.6. The van der Waals surface area contributed by atoms with E-state index in [9.17, 15) is 24.8 Å². The van der Waals surface area contributed by atoms with Crippen LogP contribution in [0, 0.1) is 24.0 Å². The molecule has 1 amide bonds. The number of esters is 1. The Labute approximate surface area is 154 Å². The van der Waals surface area contributed by atoms with Gasteiger partial charge in [0.15, 0.2) is 0 Å². The molecule has 0 spiro atoms. The average molecular weight is 373 g/mol. The summed E-state index contributed by atoms with van der Waals surface area (Å²) in [5.74, 6) is -1.66. The molecule has 2 aromatic rings. The van der Waals surface area contributed by atoms with Crippen LogP contribution in [0.15, 0.2) is 23.3 Å². The van der Waals surface area contributed by atoms with Crippen LogP contribution >= 0.6 is 0 Å². The topological polar surface area (TPSA) is 150 Å². The summed E-state index contributed by atoms with van der Waals surface area (Å²) in [5, 5.41) is 26.1. The SMILES string of the molecule is CCOC(=O)c1c(C)[nH]c(C(=O)N/N=C\c2cc([N+](=O)[O-])ccc2[O-])c1C. The van der Waals surface area contributed by atoms with E-state index < -0.39 is 22.5 Å². The van der Waals surface area contributed by atoms with Gasteiger partial charge in [0.05, 0.1) is 23.3 Å². The molecular weight excluding hydrogens is 356 g/mol. The highest BCUT2D eigenvalue weighted by molar-refractivity contribution is 6.00. The molecule has 0 fully saturated rings. The minimum atomic E-state index is -0.642. The van der Waals surface area contributed by atoms with Crippen molar-refractivity contribution in [1.82, 2.24) is 10.4 Å². The normalized spacial score (nSPS) is 10.8. The summed E-state index contributed by atoms with van der Waals surface area (Å²) in [6, 6.07) is 3.19. The first-order valence-corrected chi connectivity index (χ1v) is 7.91. The van der Waals surface area contributed by atoms with Crippen LogP contribution in [0.2, 0.25) is 0 Å². The van der Waals surface area contributed by atoms with E-state index in [1.165, 1.54) is 0 Å². The second-order valence-electron chi connectivity index (χ2n) is 5.52. The number of hydrazone groups is 1. The van der Waals surface area contributed by atoms with E-state index in [1.54, 1.807) is 20.8 Å². The molecule has 1 aromatic heterocycles. The van der Waals surface area contributed by atoms with Crippen molar-refractivity contribution in [3.8, 4) is 5.75 Å². The number of nitrogens with one attached hydrogen (secondary N) is 2. The number of H-pyrrole nitrogens is 1. The highest BCUT2D eigenvalue weighted by atomic mass is 16.6. The van der Waals surface area contributed by atoms with Gasteiger partial charge in [0.1, 0.15) is 5.69 Å². The average Bonchev–Trinajstić information content (AvgIpc) is 2.91. The van der Waals surface area contributed by atoms with Gasteiger partial charge in [0, 0.05) is 17.8 Å². The molecule has 2 N–H and O–H groups in total. The van der Waals surface area contributed by atoms with Gasteiger partial charge in [-0.3, -0.25) is 14.9 Å². The molecule has 1 heterocycles. The second-order valence-corrected chi connectivity index (χ2v) is 5.52. The van der Waals surface area contributed by atoms with Crippen LogP contribution in [-0.2, 0) is 4.74 Å². The summed E-state index contributed by atoms with van der Waals surface area (Å²) in [7, 11) is 0. The number of carbonyl (C=O) groups excluding carboxylic acids is 2. The molecule has 0 aliphatic carbocycles. The molecule has 10 heteroatoms. The van der Waals surface area contributed by atoms with E-state index in [2.05, 4.69) is 15.5 Å². The van der Waals surface area contributed by atoms with Crippen LogP contribution in [0.25, 0.3) is 0 Å². The van der Waals surface area contributed by atoms with Gasteiger partial charge in [-0.05, 0) is 31.9 Å². The standard InChI is InChI=1S/C17H18N4O6/c1-4-27-17(24)14-9(2)15(19-10(14)3)16(23)20-18-8-11-7-12(21(25)26)5-6-13(11)22/h5-8,19,22H,4H2,1-3H3,(H,20,23)/p-1/b18-8-. The molecule has 10 nitrogen and oxygen atoms in total. The summed E-state index contributed by atoms with van der Waals surface area (Å²) >= 11 is 0. The van der Waals surface area contributed by atoms with Crippen molar-refractivity contribution >= 4 is 23.8 Å². The van der Waals surface area contributed by atoms with Crippen molar-refractivity contribution in [3.05, 3.63) is 56.4 Å². The van der Waals surface area contributed by atoms with Crippen LogP contribution in [-0.4, -0.2) is 34.6 Å². The molecule has 27 heavy (non-hydrogen) atoms. The van der Waals surface area contributed by atoms with Crippen molar-refractivity contribution in [2.24, 2.45) is 5.10 Å². The van der Waals surface area contributed by atoms with Crippen LogP contribution < -0.4 is 10.5 Å². The Bertz CT molecular complexity index is 932. The van der Waals surface area contributed by atoms with E-state index in [-0.39, 0.29) is 29.1 Å². The molecule has 0 saturated carbocycles. The molecule has 0 aliphatic rings. The van der Waals surface area contributed by atoms with Crippen LogP contribution in [0.1, 0.15) is 44.6 Å². The number of hydrogen-bond acceptors (Lipinski definition) is 7. The van der Waals surface area contributed by atoms with Gasteiger partial charge in [-0.25, -0.2) is 10.2 Å². The molecule has 0 bridgehead atoms. The molecule has 0 aliphatic heterocycles. The number of aromatic nitrogens is 1. The third kappa shape index (κ3) is 4.29. The van der Waals surface area contributed by atoms with Gasteiger partial charge in [-0.1, -0.05) is 11.8 Å². The Kier molecular flexibility index (Phi) is 5.91. The molecule has 0 atom stereocenters. The minimum absolute atomic E-state index is 0.0453. The van der Waals surface area contributed by atoms with E-state index >= 15 is 0 Å². The Morgan fingerprint density at radius 3 is 2.70 bits per heavy atom. The van der Waals surface area contributed by atoms with Gasteiger partial charge in [-0.15, -0.1) is 0 Å².